The van der Waals surface area contributed by atoms with Gasteiger partial charge in [-0.1, -0.05) is 0 Å². The second kappa shape index (κ2) is 7.09. The Hall–Kier alpha value is -1.99. The van der Waals surface area contributed by atoms with E-state index in [1.807, 2.05) is 14.1 Å². The van der Waals surface area contributed by atoms with Gasteiger partial charge in [-0.25, -0.2) is 4.79 Å². The molecule has 0 aromatic carbocycles. The van der Waals surface area contributed by atoms with Gasteiger partial charge < -0.3 is 14.9 Å². The molecule has 7 heteroatoms. The SMILES string of the molecule is CN(C)CCN1C(=O)CN(Cc2cc(C(=O)O)ccn2)CCC12CC2. The average Bonchev–Trinajstić information content (AvgIpc) is 3.34. The highest BCUT2D eigenvalue weighted by Crippen LogP contribution is 2.46. The number of likely N-dealkylation sites (N-methyl/N-ethyl adjacent to an activating group) is 1. The van der Waals surface area contributed by atoms with Crippen molar-refractivity contribution in [2.75, 3.05) is 40.3 Å². The van der Waals surface area contributed by atoms with Crippen LogP contribution < -0.4 is 0 Å². The van der Waals surface area contributed by atoms with Crippen molar-refractivity contribution in [2.24, 2.45) is 0 Å². The molecule has 136 valence electrons. The van der Waals surface area contributed by atoms with E-state index in [1.54, 1.807) is 6.07 Å². The molecule has 0 radical (unpaired) electrons. The fourth-order valence-electron chi connectivity index (χ4n) is 3.51. The van der Waals surface area contributed by atoms with Crippen LogP contribution in [0.15, 0.2) is 18.3 Å². The maximum absolute atomic E-state index is 12.8. The number of hydrogen-bond donors (Lipinski definition) is 1. The van der Waals surface area contributed by atoms with E-state index in [0.29, 0.717) is 18.8 Å². The van der Waals surface area contributed by atoms with E-state index in [0.717, 1.165) is 38.9 Å². The Morgan fingerprint density at radius 2 is 2.12 bits per heavy atom. The topological polar surface area (TPSA) is 77.0 Å². The third-order valence-electron chi connectivity index (χ3n) is 5.17. The van der Waals surface area contributed by atoms with Gasteiger partial charge >= 0.3 is 5.97 Å². The Morgan fingerprint density at radius 3 is 2.76 bits per heavy atom. The van der Waals surface area contributed by atoms with Gasteiger partial charge in [0.1, 0.15) is 0 Å². The minimum Gasteiger partial charge on any atom is -0.478 e. The molecule has 0 unspecified atom stereocenters. The van der Waals surface area contributed by atoms with E-state index in [4.69, 9.17) is 5.11 Å². The van der Waals surface area contributed by atoms with Crippen molar-refractivity contribution in [3.63, 3.8) is 0 Å². The summed E-state index contributed by atoms with van der Waals surface area (Å²) in [7, 11) is 4.05. The Kier molecular flexibility index (Phi) is 5.06. The Balaban J connectivity index is 1.68. The van der Waals surface area contributed by atoms with Crippen molar-refractivity contribution >= 4 is 11.9 Å². The first-order chi connectivity index (χ1) is 11.9. The van der Waals surface area contributed by atoms with Crippen molar-refractivity contribution in [1.82, 2.24) is 19.7 Å². The molecule has 1 saturated heterocycles. The van der Waals surface area contributed by atoms with Gasteiger partial charge in [-0.2, -0.15) is 0 Å². The number of carboxylic acid groups (broad SMARTS) is 1. The van der Waals surface area contributed by atoms with Gasteiger partial charge in [0.2, 0.25) is 5.91 Å². The number of aromatic carboxylic acids is 1. The molecular formula is C18H26N4O3. The summed E-state index contributed by atoms with van der Waals surface area (Å²) in [5, 5.41) is 9.11. The number of aromatic nitrogens is 1. The summed E-state index contributed by atoms with van der Waals surface area (Å²) in [6.07, 6.45) is 4.68. The number of carbonyl (C=O) groups is 2. The van der Waals surface area contributed by atoms with Crippen LogP contribution in [-0.2, 0) is 11.3 Å². The fourth-order valence-corrected chi connectivity index (χ4v) is 3.51. The van der Waals surface area contributed by atoms with E-state index in [2.05, 4.69) is 19.7 Å². The first-order valence-corrected chi connectivity index (χ1v) is 8.75. The molecule has 1 aromatic heterocycles. The van der Waals surface area contributed by atoms with Crippen LogP contribution in [0.2, 0.25) is 0 Å². The van der Waals surface area contributed by atoms with Crippen molar-refractivity contribution in [3.05, 3.63) is 29.6 Å². The van der Waals surface area contributed by atoms with Gasteiger partial charge in [0.05, 0.1) is 17.8 Å². The van der Waals surface area contributed by atoms with E-state index in [-0.39, 0.29) is 17.0 Å². The third kappa shape index (κ3) is 4.16. The zero-order valence-corrected chi connectivity index (χ0v) is 14.9. The molecule has 2 heterocycles. The summed E-state index contributed by atoms with van der Waals surface area (Å²) in [6, 6.07) is 3.08. The Bertz CT molecular complexity index is 657. The summed E-state index contributed by atoms with van der Waals surface area (Å²) in [4.78, 5) is 34.5. The Labute approximate surface area is 148 Å². The molecule has 1 aliphatic carbocycles. The number of carbonyl (C=O) groups excluding carboxylic acids is 1. The summed E-state index contributed by atoms with van der Waals surface area (Å²) in [6.45, 7) is 3.35. The van der Waals surface area contributed by atoms with E-state index < -0.39 is 5.97 Å². The van der Waals surface area contributed by atoms with Crippen LogP contribution in [0.1, 0.15) is 35.3 Å². The molecule has 1 aromatic rings. The minimum atomic E-state index is -0.956. The number of pyridine rings is 1. The molecule has 2 aliphatic rings. The zero-order chi connectivity index (χ0) is 18.0. The molecule has 1 aliphatic heterocycles. The van der Waals surface area contributed by atoms with Crippen LogP contribution in [0.5, 0.6) is 0 Å². The predicted octanol–water partition coefficient (Wildman–Crippen LogP) is 0.908. The quantitative estimate of drug-likeness (QED) is 0.825. The van der Waals surface area contributed by atoms with Gasteiger partial charge in [-0.3, -0.25) is 14.7 Å². The average molecular weight is 346 g/mol. The zero-order valence-electron chi connectivity index (χ0n) is 14.9. The Morgan fingerprint density at radius 1 is 1.36 bits per heavy atom. The number of rotatable bonds is 6. The van der Waals surface area contributed by atoms with Crippen molar-refractivity contribution in [3.8, 4) is 0 Å². The molecule has 0 bridgehead atoms. The smallest absolute Gasteiger partial charge is 0.335 e. The van der Waals surface area contributed by atoms with Crippen LogP contribution in [0.3, 0.4) is 0 Å². The molecule has 1 spiro atoms. The van der Waals surface area contributed by atoms with Gasteiger partial charge in [-0.15, -0.1) is 0 Å². The second-order valence-electron chi connectivity index (χ2n) is 7.37. The first-order valence-electron chi connectivity index (χ1n) is 8.75. The predicted molar refractivity (Wildman–Crippen MR) is 93.3 cm³/mol. The maximum Gasteiger partial charge on any atom is 0.335 e. The van der Waals surface area contributed by atoms with E-state index in [9.17, 15) is 9.59 Å². The maximum atomic E-state index is 12.8. The second-order valence-corrected chi connectivity index (χ2v) is 7.37. The van der Waals surface area contributed by atoms with Crippen LogP contribution in [0.4, 0.5) is 0 Å². The number of carboxylic acids is 1. The molecule has 2 fully saturated rings. The van der Waals surface area contributed by atoms with Crippen LogP contribution >= 0.6 is 0 Å². The highest BCUT2D eigenvalue weighted by molar-refractivity contribution is 5.87. The normalized spacial score (nSPS) is 20.1. The van der Waals surface area contributed by atoms with E-state index >= 15 is 0 Å². The van der Waals surface area contributed by atoms with Crippen LogP contribution in [0.25, 0.3) is 0 Å². The highest BCUT2D eigenvalue weighted by Gasteiger charge is 2.51. The summed E-state index contributed by atoms with van der Waals surface area (Å²) in [5.41, 5.74) is 0.981. The summed E-state index contributed by atoms with van der Waals surface area (Å²) < 4.78 is 0. The molecule has 1 saturated carbocycles. The lowest BCUT2D eigenvalue weighted by atomic mass is 10.1. The standard InChI is InChI=1S/C18H26N4O3/c1-20(2)9-10-22-16(23)13-21(8-6-18(22)4-5-18)12-15-11-14(17(24)25)3-7-19-15/h3,7,11H,4-6,8-10,12-13H2,1-2H3,(H,24,25). The minimum absolute atomic E-state index is 0.0538. The van der Waals surface area contributed by atoms with Gasteiger partial charge in [-0.05, 0) is 45.5 Å². The monoisotopic (exact) mass is 346 g/mol. The van der Waals surface area contributed by atoms with Crippen molar-refractivity contribution < 1.29 is 14.7 Å². The van der Waals surface area contributed by atoms with Crippen LogP contribution in [0, 0.1) is 0 Å². The highest BCUT2D eigenvalue weighted by atomic mass is 16.4. The molecular weight excluding hydrogens is 320 g/mol. The van der Waals surface area contributed by atoms with Gasteiger partial charge in [0, 0.05) is 37.9 Å². The fraction of sp³-hybridized carbons (Fsp3) is 0.611. The molecule has 3 rings (SSSR count). The molecule has 0 atom stereocenters. The molecule has 1 N–H and O–H groups in total. The van der Waals surface area contributed by atoms with Crippen molar-refractivity contribution in [2.45, 2.75) is 31.3 Å². The summed E-state index contributed by atoms with van der Waals surface area (Å²) >= 11 is 0. The lowest BCUT2D eigenvalue weighted by molar-refractivity contribution is -0.134. The first kappa shape index (κ1) is 17.8. The van der Waals surface area contributed by atoms with E-state index in [1.165, 1.54) is 12.3 Å². The van der Waals surface area contributed by atoms with Gasteiger partial charge in [0.15, 0.2) is 0 Å². The molecule has 7 nitrogen and oxygen atoms in total. The number of amides is 1. The van der Waals surface area contributed by atoms with Gasteiger partial charge in [0.25, 0.3) is 0 Å². The third-order valence-corrected chi connectivity index (χ3v) is 5.17. The lowest BCUT2D eigenvalue weighted by Crippen LogP contribution is -2.46. The molecule has 25 heavy (non-hydrogen) atoms. The van der Waals surface area contributed by atoms with Crippen LogP contribution in [-0.4, -0.2) is 82.5 Å². The lowest BCUT2D eigenvalue weighted by Gasteiger charge is -2.31. The molecule has 1 amide bonds. The number of nitrogens with zero attached hydrogens (tertiary/aromatic N) is 4. The largest absolute Gasteiger partial charge is 0.478 e. The van der Waals surface area contributed by atoms with Crippen molar-refractivity contribution in [1.29, 1.82) is 0 Å². The number of hydrogen-bond acceptors (Lipinski definition) is 5. The summed E-state index contributed by atoms with van der Waals surface area (Å²) in [5.74, 6) is -0.784.